The lowest BCUT2D eigenvalue weighted by Crippen LogP contribution is -2.15. The smallest absolute Gasteiger partial charge is 0.337 e. The van der Waals surface area contributed by atoms with E-state index in [-0.39, 0.29) is 17.0 Å². The predicted octanol–water partition coefficient (Wildman–Crippen LogP) is 3.07. The predicted molar refractivity (Wildman–Crippen MR) is 85.5 cm³/mol. The Bertz CT molecular complexity index is 790. The molecule has 0 aromatic heterocycles. The molecule has 0 aliphatic rings. The zero-order valence-corrected chi connectivity index (χ0v) is 13.3. The third-order valence-electron chi connectivity index (χ3n) is 2.86. The second-order valence-electron chi connectivity index (χ2n) is 4.52. The number of hydrogen-bond acceptors (Lipinski definition) is 4. The van der Waals surface area contributed by atoms with Gasteiger partial charge in [-0.05, 0) is 29.8 Å². The average Bonchev–Trinajstić information content (AvgIpc) is 2.48. The molecule has 2 aromatic rings. The van der Waals surface area contributed by atoms with Crippen molar-refractivity contribution in [3.8, 4) is 0 Å². The Hall–Kier alpha value is -2.05. The molecule has 7 heteroatoms. The SMILES string of the molecule is COC(=O)c1cccc(NS(=O)(=O)Cc2ccccc2Cl)c1. The van der Waals surface area contributed by atoms with Crippen LogP contribution < -0.4 is 4.72 Å². The highest BCUT2D eigenvalue weighted by molar-refractivity contribution is 7.91. The van der Waals surface area contributed by atoms with Gasteiger partial charge in [-0.25, -0.2) is 13.2 Å². The van der Waals surface area contributed by atoms with Crippen molar-refractivity contribution in [2.75, 3.05) is 11.8 Å². The van der Waals surface area contributed by atoms with Gasteiger partial charge in [0.15, 0.2) is 0 Å². The molecule has 0 spiro atoms. The molecule has 0 atom stereocenters. The molecule has 0 saturated carbocycles. The van der Waals surface area contributed by atoms with Gasteiger partial charge in [0, 0.05) is 10.7 Å². The summed E-state index contributed by atoms with van der Waals surface area (Å²) in [7, 11) is -2.39. The zero-order valence-electron chi connectivity index (χ0n) is 11.7. The summed E-state index contributed by atoms with van der Waals surface area (Å²) in [5.41, 5.74) is 1.05. The van der Waals surface area contributed by atoms with Crippen molar-refractivity contribution in [2.45, 2.75) is 5.75 Å². The molecule has 2 aromatic carbocycles. The molecule has 22 heavy (non-hydrogen) atoms. The lowest BCUT2D eigenvalue weighted by atomic mass is 10.2. The lowest BCUT2D eigenvalue weighted by Gasteiger charge is -2.10. The Kier molecular flexibility index (Phi) is 5.05. The number of benzene rings is 2. The summed E-state index contributed by atoms with van der Waals surface area (Å²) >= 11 is 5.97. The van der Waals surface area contributed by atoms with E-state index in [4.69, 9.17) is 11.6 Å². The third-order valence-corrected chi connectivity index (χ3v) is 4.47. The van der Waals surface area contributed by atoms with Gasteiger partial charge in [-0.15, -0.1) is 0 Å². The number of esters is 1. The minimum Gasteiger partial charge on any atom is -0.465 e. The summed E-state index contributed by atoms with van der Waals surface area (Å²) in [6.45, 7) is 0. The van der Waals surface area contributed by atoms with Crippen molar-refractivity contribution in [3.63, 3.8) is 0 Å². The first-order valence-corrected chi connectivity index (χ1v) is 8.36. The summed E-state index contributed by atoms with van der Waals surface area (Å²) in [5, 5.41) is 0.385. The van der Waals surface area contributed by atoms with E-state index in [0.717, 1.165) is 0 Å². The number of ether oxygens (including phenoxy) is 1. The monoisotopic (exact) mass is 339 g/mol. The Labute approximate surface area is 133 Å². The molecule has 0 heterocycles. The fourth-order valence-electron chi connectivity index (χ4n) is 1.86. The van der Waals surface area contributed by atoms with Crippen LogP contribution in [0.2, 0.25) is 5.02 Å². The van der Waals surface area contributed by atoms with E-state index in [0.29, 0.717) is 10.6 Å². The summed E-state index contributed by atoms with van der Waals surface area (Å²) in [6, 6.07) is 12.8. The second kappa shape index (κ2) is 6.81. The van der Waals surface area contributed by atoms with Gasteiger partial charge in [0.05, 0.1) is 18.4 Å². The van der Waals surface area contributed by atoms with Gasteiger partial charge in [0.2, 0.25) is 10.0 Å². The van der Waals surface area contributed by atoms with E-state index in [1.165, 1.54) is 19.2 Å². The topological polar surface area (TPSA) is 72.5 Å². The van der Waals surface area contributed by atoms with Crippen molar-refractivity contribution < 1.29 is 17.9 Å². The quantitative estimate of drug-likeness (QED) is 0.850. The van der Waals surface area contributed by atoms with Gasteiger partial charge in [-0.3, -0.25) is 4.72 Å². The number of methoxy groups -OCH3 is 1. The van der Waals surface area contributed by atoms with Crippen molar-refractivity contribution in [1.29, 1.82) is 0 Å². The van der Waals surface area contributed by atoms with Gasteiger partial charge in [-0.2, -0.15) is 0 Å². The maximum Gasteiger partial charge on any atom is 0.337 e. The van der Waals surface area contributed by atoms with Crippen molar-refractivity contribution in [3.05, 3.63) is 64.7 Å². The van der Waals surface area contributed by atoms with Crippen LogP contribution in [0.3, 0.4) is 0 Å². The fraction of sp³-hybridized carbons (Fsp3) is 0.133. The van der Waals surface area contributed by atoms with E-state index >= 15 is 0 Å². The minimum absolute atomic E-state index is 0.255. The molecule has 0 aliphatic heterocycles. The molecule has 0 unspecified atom stereocenters. The normalized spacial score (nSPS) is 11.0. The van der Waals surface area contributed by atoms with Crippen LogP contribution in [0.5, 0.6) is 0 Å². The number of carbonyl (C=O) groups is 1. The van der Waals surface area contributed by atoms with Crippen molar-refractivity contribution in [1.82, 2.24) is 0 Å². The molecule has 0 radical (unpaired) electrons. The van der Waals surface area contributed by atoms with E-state index in [1.807, 2.05) is 0 Å². The Morgan fingerprint density at radius 3 is 2.59 bits per heavy atom. The van der Waals surface area contributed by atoms with Crippen LogP contribution in [0.4, 0.5) is 5.69 Å². The molecule has 0 bridgehead atoms. The molecule has 2 rings (SSSR count). The van der Waals surface area contributed by atoms with Crippen LogP contribution >= 0.6 is 11.6 Å². The molecule has 0 fully saturated rings. The van der Waals surface area contributed by atoms with Crippen LogP contribution in [0.15, 0.2) is 48.5 Å². The first-order chi connectivity index (χ1) is 10.4. The Morgan fingerprint density at radius 2 is 1.91 bits per heavy atom. The summed E-state index contributed by atoms with van der Waals surface area (Å²) in [6.07, 6.45) is 0. The summed E-state index contributed by atoms with van der Waals surface area (Å²) < 4.78 is 31.4. The fourth-order valence-corrected chi connectivity index (χ4v) is 3.36. The van der Waals surface area contributed by atoms with Gasteiger partial charge < -0.3 is 4.74 Å². The van der Waals surface area contributed by atoms with Gasteiger partial charge >= 0.3 is 5.97 Å². The number of anilines is 1. The maximum absolute atomic E-state index is 12.2. The molecule has 0 aliphatic carbocycles. The summed E-state index contributed by atoms with van der Waals surface area (Å²) in [4.78, 5) is 11.5. The highest BCUT2D eigenvalue weighted by Crippen LogP contribution is 2.20. The third kappa shape index (κ3) is 4.22. The first kappa shape index (κ1) is 16.3. The van der Waals surface area contributed by atoms with Crippen LogP contribution in [0, 0.1) is 0 Å². The molecule has 0 amide bonds. The first-order valence-electron chi connectivity index (χ1n) is 6.33. The van der Waals surface area contributed by atoms with Crippen LogP contribution in [0.25, 0.3) is 0 Å². The van der Waals surface area contributed by atoms with Crippen LogP contribution in [-0.4, -0.2) is 21.5 Å². The highest BCUT2D eigenvalue weighted by atomic mass is 35.5. The van der Waals surface area contributed by atoms with E-state index in [1.54, 1.807) is 36.4 Å². The van der Waals surface area contributed by atoms with E-state index in [2.05, 4.69) is 9.46 Å². The second-order valence-corrected chi connectivity index (χ2v) is 6.65. The van der Waals surface area contributed by atoms with Gasteiger partial charge in [0.1, 0.15) is 0 Å². The minimum atomic E-state index is -3.65. The number of nitrogens with one attached hydrogen (secondary N) is 1. The molecule has 116 valence electrons. The molecule has 1 N–H and O–H groups in total. The molecular weight excluding hydrogens is 326 g/mol. The Morgan fingerprint density at radius 1 is 1.18 bits per heavy atom. The van der Waals surface area contributed by atoms with Crippen LogP contribution in [0.1, 0.15) is 15.9 Å². The number of sulfonamides is 1. The zero-order chi connectivity index (χ0) is 16.2. The molecule has 5 nitrogen and oxygen atoms in total. The molecular formula is C15H14ClNO4S. The van der Waals surface area contributed by atoms with E-state index < -0.39 is 16.0 Å². The maximum atomic E-state index is 12.2. The van der Waals surface area contributed by atoms with Crippen molar-refractivity contribution in [2.24, 2.45) is 0 Å². The van der Waals surface area contributed by atoms with Crippen LogP contribution in [-0.2, 0) is 20.5 Å². The van der Waals surface area contributed by atoms with Gasteiger partial charge in [0.25, 0.3) is 0 Å². The summed E-state index contributed by atoms with van der Waals surface area (Å²) in [5.74, 6) is -0.790. The Balaban J connectivity index is 2.19. The number of halogens is 1. The number of hydrogen-bond donors (Lipinski definition) is 1. The van der Waals surface area contributed by atoms with Gasteiger partial charge in [-0.1, -0.05) is 35.9 Å². The highest BCUT2D eigenvalue weighted by Gasteiger charge is 2.15. The largest absolute Gasteiger partial charge is 0.465 e. The van der Waals surface area contributed by atoms with Crippen molar-refractivity contribution >= 4 is 33.3 Å². The average molecular weight is 340 g/mol. The standard InChI is InChI=1S/C15H14ClNO4S/c1-21-15(18)11-6-4-7-13(9-11)17-22(19,20)10-12-5-2-3-8-14(12)16/h2-9,17H,10H2,1H3. The lowest BCUT2D eigenvalue weighted by molar-refractivity contribution is 0.0601. The van der Waals surface area contributed by atoms with E-state index in [9.17, 15) is 13.2 Å². The molecule has 0 saturated heterocycles. The number of rotatable bonds is 5. The number of carbonyl (C=O) groups excluding carboxylic acids is 1.